The number of nitrogens with zero attached hydrogens (tertiary/aromatic N) is 2. The summed E-state index contributed by atoms with van der Waals surface area (Å²) >= 11 is 0. The van der Waals surface area contributed by atoms with Crippen molar-refractivity contribution in [2.75, 3.05) is 6.54 Å². The summed E-state index contributed by atoms with van der Waals surface area (Å²) in [7, 11) is 0. The maximum atomic E-state index is 13.9. The van der Waals surface area contributed by atoms with Crippen LogP contribution in [0, 0.1) is 11.3 Å². The van der Waals surface area contributed by atoms with Crippen LogP contribution in [0.4, 0.5) is 4.79 Å². The molecule has 2 atom stereocenters. The van der Waals surface area contributed by atoms with E-state index < -0.39 is 42.1 Å². The van der Waals surface area contributed by atoms with Gasteiger partial charge in [0.15, 0.2) is 0 Å². The zero-order valence-corrected chi connectivity index (χ0v) is 21.3. The van der Waals surface area contributed by atoms with Gasteiger partial charge in [0, 0.05) is 12.5 Å². The number of ether oxygens (including phenoxy) is 1. The Bertz CT molecular complexity index is 1090. The number of aromatic hydroxyl groups is 1. The number of phenolic OH excluding ortho intramolecular Hbond substituents is 1. The fraction of sp³-hybridized carbons (Fsp3) is 0.407. The first-order chi connectivity index (χ1) is 16.9. The lowest BCUT2D eigenvalue weighted by atomic mass is 10.00. The topological polar surface area (TPSA) is 132 Å². The minimum absolute atomic E-state index is 0.0908. The molecule has 3 amide bonds. The van der Waals surface area contributed by atoms with E-state index >= 15 is 0 Å². The predicted octanol–water partition coefficient (Wildman–Crippen LogP) is 3.45. The molecule has 0 radical (unpaired) electrons. The van der Waals surface area contributed by atoms with E-state index in [1.807, 2.05) is 36.4 Å². The molecule has 0 aromatic heterocycles. The molecule has 0 aliphatic rings. The van der Waals surface area contributed by atoms with Gasteiger partial charge in [0.1, 0.15) is 30.0 Å². The number of nitriles is 1. The lowest BCUT2D eigenvalue weighted by molar-refractivity contribution is -0.142. The molecule has 0 fully saturated rings. The van der Waals surface area contributed by atoms with E-state index in [0.29, 0.717) is 5.56 Å². The molecule has 2 rings (SSSR count). The molecular formula is C27H34N4O5. The van der Waals surface area contributed by atoms with Crippen LogP contribution in [-0.2, 0) is 20.7 Å². The third-order valence-electron chi connectivity index (χ3n) is 4.97. The van der Waals surface area contributed by atoms with Crippen molar-refractivity contribution >= 4 is 17.9 Å². The maximum Gasteiger partial charge on any atom is 0.408 e. The molecule has 192 valence electrons. The summed E-state index contributed by atoms with van der Waals surface area (Å²) < 4.78 is 5.36. The second-order valence-electron chi connectivity index (χ2n) is 9.67. The Hall–Kier alpha value is -4.06. The lowest BCUT2D eigenvalue weighted by Crippen LogP contribution is -2.54. The number of carbonyl (C=O) groups excluding carboxylic acids is 3. The number of alkyl carbamates (subject to hydrolysis) is 1. The van der Waals surface area contributed by atoms with Crippen molar-refractivity contribution in [3.63, 3.8) is 0 Å². The van der Waals surface area contributed by atoms with E-state index in [0.717, 1.165) is 10.5 Å². The van der Waals surface area contributed by atoms with Gasteiger partial charge in [-0.2, -0.15) is 5.26 Å². The number of benzene rings is 2. The second kappa shape index (κ2) is 12.6. The molecule has 2 unspecified atom stereocenters. The van der Waals surface area contributed by atoms with E-state index in [1.54, 1.807) is 46.8 Å². The molecule has 2 aromatic rings. The molecule has 9 heteroatoms. The molecule has 3 N–H and O–H groups in total. The molecule has 9 nitrogen and oxygen atoms in total. The number of amides is 3. The molecule has 0 heterocycles. The Kier molecular flexibility index (Phi) is 9.85. The van der Waals surface area contributed by atoms with Gasteiger partial charge in [-0.1, -0.05) is 42.5 Å². The third kappa shape index (κ3) is 8.62. The number of nitrogens with one attached hydrogen (secondary N) is 2. The summed E-state index contributed by atoms with van der Waals surface area (Å²) in [5, 5.41) is 25.0. The first-order valence-electron chi connectivity index (χ1n) is 11.7. The van der Waals surface area contributed by atoms with Crippen LogP contribution in [0.25, 0.3) is 0 Å². The lowest BCUT2D eigenvalue weighted by Gasteiger charge is -2.33. The number of carbonyl (C=O) groups is 3. The van der Waals surface area contributed by atoms with Crippen LogP contribution in [0.15, 0.2) is 54.6 Å². The minimum atomic E-state index is -1.22. The fourth-order valence-corrected chi connectivity index (χ4v) is 3.60. The summed E-state index contributed by atoms with van der Waals surface area (Å²) in [6.07, 6.45) is -0.686. The zero-order valence-electron chi connectivity index (χ0n) is 21.3. The second-order valence-corrected chi connectivity index (χ2v) is 9.67. The van der Waals surface area contributed by atoms with Gasteiger partial charge in [-0.3, -0.25) is 9.59 Å². The highest BCUT2D eigenvalue weighted by atomic mass is 16.6. The summed E-state index contributed by atoms with van der Waals surface area (Å²) in [5.74, 6) is -1.25. The van der Waals surface area contributed by atoms with Crippen LogP contribution < -0.4 is 10.6 Å². The van der Waals surface area contributed by atoms with E-state index in [2.05, 4.69) is 10.6 Å². The SMILES string of the molecule is CC(C)NC(=O)C(c1cccc(O)c1)N(CC#N)C(=O)C(Cc1ccccc1)NC(=O)OC(C)(C)C. The van der Waals surface area contributed by atoms with E-state index in [-0.39, 0.29) is 18.2 Å². The first kappa shape index (κ1) is 28.2. The van der Waals surface area contributed by atoms with Crippen LogP contribution in [0.5, 0.6) is 5.75 Å². The molecule has 2 aromatic carbocycles. The highest BCUT2D eigenvalue weighted by Crippen LogP contribution is 2.26. The molecule has 0 saturated heterocycles. The highest BCUT2D eigenvalue weighted by Gasteiger charge is 2.36. The average molecular weight is 495 g/mol. The summed E-state index contributed by atoms with van der Waals surface area (Å²) in [4.78, 5) is 40.9. The van der Waals surface area contributed by atoms with Gasteiger partial charge in [-0.15, -0.1) is 0 Å². The molecule has 0 saturated carbocycles. The van der Waals surface area contributed by atoms with Gasteiger partial charge in [0.05, 0.1) is 6.07 Å². The fourth-order valence-electron chi connectivity index (χ4n) is 3.60. The number of hydrogen-bond acceptors (Lipinski definition) is 6. The Morgan fingerprint density at radius 3 is 2.28 bits per heavy atom. The van der Waals surface area contributed by atoms with Crippen molar-refractivity contribution in [3.8, 4) is 11.8 Å². The summed E-state index contributed by atoms with van der Waals surface area (Å²) in [5.41, 5.74) is 0.301. The summed E-state index contributed by atoms with van der Waals surface area (Å²) in [6.45, 7) is 8.24. The Morgan fingerprint density at radius 2 is 1.72 bits per heavy atom. The number of hydrogen-bond donors (Lipinski definition) is 3. The van der Waals surface area contributed by atoms with Crippen LogP contribution in [0.2, 0.25) is 0 Å². The average Bonchev–Trinajstić information content (AvgIpc) is 2.77. The monoisotopic (exact) mass is 494 g/mol. The standard InChI is InChI=1S/C27H34N4O5/c1-18(2)29-24(33)23(20-12-9-13-21(32)17-20)31(15-14-28)25(34)22(16-19-10-7-6-8-11-19)30-26(35)36-27(3,4)5/h6-13,17-18,22-23,32H,15-16H2,1-5H3,(H,29,33)(H,30,35). The van der Waals surface area contributed by atoms with Gasteiger partial charge in [0.25, 0.3) is 0 Å². The predicted molar refractivity (Wildman–Crippen MR) is 135 cm³/mol. The van der Waals surface area contributed by atoms with Crippen molar-refractivity contribution < 1.29 is 24.2 Å². The van der Waals surface area contributed by atoms with Crippen molar-refractivity contribution in [1.82, 2.24) is 15.5 Å². The normalized spacial score (nSPS) is 12.7. The van der Waals surface area contributed by atoms with Crippen LogP contribution >= 0.6 is 0 Å². The zero-order chi connectivity index (χ0) is 26.9. The van der Waals surface area contributed by atoms with Crippen LogP contribution in [0.3, 0.4) is 0 Å². The third-order valence-corrected chi connectivity index (χ3v) is 4.97. The quantitative estimate of drug-likeness (QED) is 0.458. The van der Waals surface area contributed by atoms with Crippen molar-refractivity contribution in [2.24, 2.45) is 0 Å². The van der Waals surface area contributed by atoms with E-state index in [9.17, 15) is 24.8 Å². The Balaban J connectivity index is 2.51. The minimum Gasteiger partial charge on any atom is -0.508 e. The summed E-state index contributed by atoms with van der Waals surface area (Å²) in [6, 6.07) is 14.4. The maximum absolute atomic E-state index is 13.9. The van der Waals surface area contributed by atoms with Crippen molar-refractivity contribution in [2.45, 2.75) is 64.8 Å². The molecule has 36 heavy (non-hydrogen) atoms. The van der Waals surface area contributed by atoms with Gasteiger partial charge in [-0.25, -0.2) is 4.79 Å². The van der Waals surface area contributed by atoms with Crippen molar-refractivity contribution in [1.29, 1.82) is 5.26 Å². The molecule has 0 aliphatic carbocycles. The van der Waals surface area contributed by atoms with Gasteiger partial charge >= 0.3 is 6.09 Å². The molecule has 0 spiro atoms. The number of rotatable bonds is 9. The largest absolute Gasteiger partial charge is 0.508 e. The van der Waals surface area contributed by atoms with E-state index in [4.69, 9.17) is 4.74 Å². The molecular weight excluding hydrogens is 460 g/mol. The van der Waals surface area contributed by atoms with Gasteiger partial charge in [-0.05, 0) is 57.9 Å². The smallest absolute Gasteiger partial charge is 0.408 e. The van der Waals surface area contributed by atoms with Crippen LogP contribution in [0.1, 0.15) is 51.8 Å². The Morgan fingerprint density at radius 1 is 1.06 bits per heavy atom. The van der Waals surface area contributed by atoms with E-state index in [1.165, 1.54) is 12.1 Å². The van der Waals surface area contributed by atoms with Gasteiger partial charge in [0.2, 0.25) is 11.8 Å². The highest BCUT2D eigenvalue weighted by molar-refractivity contribution is 5.92. The van der Waals surface area contributed by atoms with Crippen molar-refractivity contribution in [3.05, 3.63) is 65.7 Å². The molecule has 0 bridgehead atoms. The van der Waals surface area contributed by atoms with Crippen LogP contribution in [-0.4, -0.2) is 52.1 Å². The number of phenols is 1. The van der Waals surface area contributed by atoms with Gasteiger partial charge < -0.3 is 25.4 Å². The Labute approximate surface area is 212 Å². The first-order valence-corrected chi connectivity index (χ1v) is 11.7. The molecule has 0 aliphatic heterocycles.